The maximum absolute atomic E-state index is 9.46. The summed E-state index contributed by atoms with van der Waals surface area (Å²) in [6.07, 6.45) is 0.280. The van der Waals surface area contributed by atoms with Gasteiger partial charge in [-0.3, -0.25) is 0 Å². The summed E-state index contributed by atoms with van der Waals surface area (Å²) in [5.74, 6) is 0. The van der Waals surface area contributed by atoms with Crippen molar-refractivity contribution in [1.82, 2.24) is 9.97 Å². The Bertz CT molecular complexity index is 1370. The molecule has 1 aliphatic heterocycles. The van der Waals surface area contributed by atoms with E-state index in [2.05, 4.69) is 25.6 Å². The number of nitrogens with zero attached hydrogens (tertiary/aromatic N) is 8. The molecule has 0 saturated carbocycles. The van der Waals surface area contributed by atoms with Gasteiger partial charge in [-0.1, -0.05) is 6.92 Å². The molecule has 148 valence electrons. The summed E-state index contributed by atoms with van der Waals surface area (Å²) in [5.41, 5.74) is 1.14. The van der Waals surface area contributed by atoms with Crippen LogP contribution < -0.4 is 10.6 Å². The van der Waals surface area contributed by atoms with E-state index in [4.69, 9.17) is 5.41 Å². The first-order valence-corrected chi connectivity index (χ1v) is 9.01. The summed E-state index contributed by atoms with van der Waals surface area (Å²) < 4.78 is 0. The number of aromatic nitrogens is 2. The zero-order chi connectivity index (χ0) is 22.7. The van der Waals surface area contributed by atoms with E-state index < -0.39 is 12.1 Å². The number of rotatable bonds is 3. The minimum Gasteiger partial charge on any atom is -0.365 e. The van der Waals surface area contributed by atoms with Crippen LogP contribution >= 0.6 is 0 Å². The summed E-state index contributed by atoms with van der Waals surface area (Å²) >= 11 is 0. The number of nitrogens with one attached hydrogen (secondary N) is 3. The Labute approximate surface area is 177 Å². The topological polar surface area (TPSA) is 205 Å². The van der Waals surface area contributed by atoms with Crippen LogP contribution in [0.2, 0.25) is 0 Å². The SMILES string of the molecule is CCC(=N)C(C#N)=Nc1c(C)c2c(c3nc(C#N)c(C#N)nc13)NC(C#N)C(C#N)N2. The molecule has 2 atom stereocenters. The number of nitriles is 5. The van der Waals surface area contributed by atoms with Gasteiger partial charge in [-0.05, 0) is 13.3 Å². The monoisotopic (exact) mass is 407 g/mol. The predicted octanol–water partition coefficient (Wildman–Crippen LogP) is 2.33. The van der Waals surface area contributed by atoms with Crippen LogP contribution in [0.1, 0.15) is 30.3 Å². The third kappa shape index (κ3) is 3.32. The standard InChI is InChI=1S/C20H13N11/c1-3-10(26)11(4-21)27-16-9(2)17-19(29-13(6-23)12(5-22)28-17)20-18(16)30-14(7-24)15(8-25)31-20/h12-13,26,28-29H,3H2,1-2H3. The zero-order valence-electron chi connectivity index (χ0n) is 16.4. The number of benzene rings is 1. The van der Waals surface area contributed by atoms with Crippen molar-refractivity contribution in [2.45, 2.75) is 32.4 Å². The molecule has 11 heteroatoms. The molecule has 2 aromatic rings. The average molecular weight is 407 g/mol. The van der Waals surface area contributed by atoms with E-state index in [1.54, 1.807) is 13.8 Å². The molecular formula is C20H13N11. The van der Waals surface area contributed by atoms with Gasteiger partial charge < -0.3 is 16.0 Å². The van der Waals surface area contributed by atoms with E-state index in [0.29, 0.717) is 16.9 Å². The Morgan fingerprint density at radius 3 is 2.00 bits per heavy atom. The Hall–Kier alpha value is -5.05. The molecule has 11 nitrogen and oxygen atoms in total. The van der Waals surface area contributed by atoms with E-state index in [1.807, 2.05) is 30.3 Å². The molecule has 0 aliphatic carbocycles. The van der Waals surface area contributed by atoms with Crippen LogP contribution in [0.15, 0.2) is 4.99 Å². The van der Waals surface area contributed by atoms with Crippen molar-refractivity contribution < 1.29 is 0 Å². The molecule has 2 heterocycles. The van der Waals surface area contributed by atoms with Crippen LogP contribution in [-0.4, -0.2) is 33.5 Å². The van der Waals surface area contributed by atoms with Crippen LogP contribution in [0.25, 0.3) is 11.0 Å². The van der Waals surface area contributed by atoms with Crippen LogP contribution in [-0.2, 0) is 0 Å². The molecule has 0 spiro atoms. The second-order valence-corrected chi connectivity index (χ2v) is 6.47. The van der Waals surface area contributed by atoms with Gasteiger partial charge in [0.25, 0.3) is 0 Å². The number of hydrogen-bond acceptors (Lipinski definition) is 11. The maximum atomic E-state index is 9.46. The highest BCUT2D eigenvalue weighted by Gasteiger charge is 2.32. The second kappa shape index (κ2) is 8.13. The smallest absolute Gasteiger partial charge is 0.177 e. The molecule has 1 aliphatic rings. The van der Waals surface area contributed by atoms with Crippen LogP contribution in [0.5, 0.6) is 0 Å². The fourth-order valence-corrected chi connectivity index (χ4v) is 3.12. The fraction of sp³-hybridized carbons (Fsp3) is 0.250. The maximum Gasteiger partial charge on any atom is 0.177 e. The first kappa shape index (κ1) is 20.7. The average Bonchev–Trinajstić information content (AvgIpc) is 2.81. The highest BCUT2D eigenvalue weighted by atomic mass is 15.1. The number of anilines is 2. The van der Waals surface area contributed by atoms with Gasteiger partial charge >= 0.3 is 0 Å². The minimum atomic E-state index is -0.902. The molecule has 31 heavy (non-hydrogen) atoms. The minimum absolute atomic E-state index is 0.0143. The Kier molecular flexibility index (Phi) is 5.42. The van der Waals surface area contributed by atoms with Crippen LogP contribution in [0.3, 0.4) is 0 Å². The van der Waals surface area contributed by atoms with Crippen molar-refractivity contribution >= 4 is 39.5 Å². The lowest BCUT2D eigenvalue weighted by Crippen LogP contribution is -2.41. The van der Waals surface area contributed by atoms with Gasteiger partial charge in [-0.15, -0.1) is 0 Å². The lowest BCUT2D eigenvalue weighted by molar-refractivity contribution is 0.793. The van der Waals surface area contributed by atoms with E-state index in [0.717, 1.165) is 0 Å². The molecule has 0 radical (unpaired) electrons. The summed E-state index contributed by atoms with van der Waals surface area (Å²) in [7, 11) is 0. The van der Waals surface area contributed by atoms with Gasteiger partial charge in [-0.2, -0.15) is 26.3 Å². The van der Waals surface area contributed by atoms with Gasteiger partial charge in [0, 0.05) is 5.56 Å². The third-order valence-electron chi connectivity index (χ3n) is 4.73. The Morgan fingerprint density at radius 2 is 1.52 bits per heavy atom. The molecule has 0 bridgehead atoms. The normalized spacial score (nSPS) is 16.9. The van der Waals surface area contributed by atoms with E-state index in [1.165, 1.54) is 0 Å². The second-order valence-electron chi connectivity index (χ2n) is 6.47. The molecule has 2 unspecified atom stereocenters. The molecule has 0 amide bonds. The molecule has 1 aromatic heterocycles. The molecule has 1 aromatic carbocycles. The van der Waals surface area contributed by atoms with Gasteiger partial charge in [0.05, 0.1) is 34.9 Å². The fourth-order valence-electron chi connectivity index (χ4n) is 3.12. The lowest BCUT2D eigenvalue weighted by Gasteiger charge is -2.30. The molecule has 3 N–H and O–H groups in total. The first-order chi connectivity index (χ1) is 14.9. The van der Waals surface area contributed by atoms with Gasteiger partial charge in [-0.25, -0.2) is 15.0 Å². The number of fused-ring (bicyclic) bond motifs is 3. The number of aliphatic imine (C=N–C) groups is 1. The van der Waals surface area contributed by atoms with E-state index in [9.17, 15) is 26.3 Å². The van der Waals surface area contributed by atoms with Crippen molar-refractivity contribution in [2.24, 2.45) is 4.99 Å². The summed E-state index contributed by atoms with van der Waals surface area (Å²) in [6, 6.07) is 7.76. The summed E-state index contributed by atoms with van der Waals surface area (Å²) in [6.45, 7) is 3.38. The van der Waals surface area contributed by atoms with Gasteiger partial charge in [0.1, 0.15) is 41.3 Å². The third-order valence-corrected chi connectivity index (χ3v) is 4.73. The van der Waals surface area contributed by atoms with Crippen molar-refractivity contribution in [1.29, 1.82) is 31.7 Å². The van der Waals surface area contributed by atoms with Crippen molar-refractivity contribution in [3.8, 4) is 30.3 Å². The van der Waals surface area contributed by atoms with Crippen LogP contribution in [0.4, 0.5) is 17.1 Å². The van der Waals surface area contributed by atoms with Crippen molar-refractivity contribution in [3.63, 3.8) is 0 Å². The summed E-state index contributed by atoms with van der Waals surface area (Å²) in [4.78, 5) is 12.8. The lowest BCUT2D eigenvalue weighted by atomic mass is 9.99. The highest BCUT2D eigenvalue weighted by Crippen LogP contribution is 2.44. The zero-order valence-corrected chi connectivity index (χ0v) is 16.4. The molecule has 0 fully saturated rings. The first-order valence-electron chi connectivity index (χ1n) is 9.01. The quantitative estimate of drug-likeness (QED) is 0.637. The summed E-state index contributed by atoms with van der Waals surface area (Å²) in [5, 5.41) is 61.0. The predicted molar refractivity (Wildman–Crippen MR) is 110 cm³/mol. The molecule has 3 rings (SSSR count). The van der Waals surface area contributed by atoms with Gasteiger partial charge in [0.2, 0.25) is 0 Å². The van der Waals surface area contributed by atoms with E-state index >= 15 is 0 Å². The van der Waals surface area contributed by atoms with Crippen molar-refractivity contribution in [3.05, 3.63) is 17.0 Å². The van der Waals surface area contributed by atoms with Gasteiger partial charge in [0.15, 0.2) is 17.1 Å². The number of hydrogen-bond donors (Lipinski definition) is 3. The van der Waals surface area contributed by atoms with E-state index in [-0.39, 0.29) is 46.0 Å². The van der Waals surface area contributed by atoms with Crippen LogP contribution in [0, 0.1) is 69.0 Å². The van der Waals surface area contributed by atoms with Crippen molar-refractivity contribution in [2.75, 3.05) is 10.6 Å². The molecular weight excluding hydrogens is 394 g/mol. The Morgan fingerprint density at radius 1 is 0.968 bits per heavy atom. The Balaban J connectivity index is 2.48. The highest BCUT2D eigenvalue weighted by molar-refractivity contribution is 6.47. The largest absolute Gasteiger partial charge is 0.365 e. The molecule has 0 saturated heterocycles.